The van der Waals surface area contributed by atoms with E-state index in [2.05, 4.69) is 22.6 Å². The number of benzene rings is 2. The molecule has 0 saturated carbocycles. The predicted molar refractivity (Wildman–Crippen MR) is 83.0 cm³/mol. The van der Waals surface area contributed by atoms with Crippen LogP contribution in [0.3, 0.4) is 0 Å². The van der Waals surface area contributed by atoms with Crippen LogP contribution in [-0.4, -0.2) is 6.29 Å². The van der Waals surface area contributed by atoms with Gasteiger partial charge >= 0.3 is 0 Å². The zero-order chi connectivity index (χ0) is 13.2. The van der Waals surface area contributed by atoms with E-state index in [1.54, 1.807) is 0 Å². The number of fused-ring (bicyclic) bond motifs is 1. The Labute approximate surface area is 125 Å². The van der Waals surface area contributed by atoms with E-state index in [-0.39, 0.29) is 5.92 Å². The number of carbonyl (C=O) groups is 1. The molecule has 3 heteroatoms. The first-order valence-electron chi connectivity index (χ1n) is 5.98. The first-order valence-corrected chi connectivity index (χ1v) is 7.05. The van der Waals surface area contributed by atoms with Crippen molar-refractivity contribution in [2.45, 2.75) is 5.92 Å². The summed E-state index contributed by atoms with van der Waals surface area (Å²) in [6.45, 7) is 0. The molecule has 0 amide bonds. The molecule has 0 bridgehead atoms. The highest BCUT2D eigenvalue weighted by atomic mass is 127. The Balaban J connectivity index is 2.06. The summed E-state index contributed by atoms with van der Waals surface area (Å²) in [6, 6.07) is 15.7. The van der Waals surface area contributed by atoms with Crippen LogP contribution in [0.15, 0.2) is 54.6 Å². The van der Waals surface area contributed by atoms with E-state index in [4.69, 9.17) is 4.74 Å². The lowest BCUT2D eigenvalue weighted by atomic mass is 9.95. The molecule has 2 aromatic rings. The fraction of sp³-hybridized carbons (Fsp3) is 0.0625. The smallest absolute Gasteiger partial charge is 0.131 e. The van der Waals surface area contributed by atoms with Crippen LogP contribution >= 0.6 is 22.6 Å². The second kappa shape index (κ2) is 5.17. The highest BCUT2D eigenvalue weighted by Gasteiger charge is 2.21. The van der Waals surface area contributed by atoms with Crippen molar-refractivity contribution in [3.8, 4) is 5.75 Å². The van der Waals surface area contributed by atoms with Gasteiger partial charge in [0.2, 0.25) is 0 Å². The summed E-state index contributed by atoms with van der Waals surface area (Å²) in [7, 11) is 0. The number of hydrogen-bond acceptors (Lipinski definition) is 2. The molecule has 0 radical (unpaired) electrons. The van der Waals surface area contributed by atoms with E-state index in [0.29, 0.717) is 0 Å². The zero-order valence-corrected chi connectivity index (χ0v) is 12.2. The van der Waals surface area contributed by atoms with E-state index in [0.717, 1.165) is 32.5 Å². The third-order valence-corrected chi connectivity index (χ3v) is 3.76. The summed E-state index contributed by atoms with van der Waals surface area (Å²) in [6.07, 6.45) is 2.83. The van der Waals surface area contributed by atoms with Crippen molar-refractivity contribution in [3.05, 3.63) is 69.3 Å². The number of ether oxygens (including phenoxy) is 1. The highest BCUT2D eigenvalue weighted by molar-refractivity contribution is 14.1. The van der Waals surface area contributed by atoms with Crippen LogP contribution in [0.2, 0.25) is 0 Å². The van der Waals surface area contributed by atoms with Crippen molar-refractivity contribution in [3.63, 3.8) is 0 Å². The normalized spacial score (nSPS) is 17.1. The summed E-state index contributed by atoms with van der Waals surface area (Å²) in [5.74, 6) is 1.27. The van der Waals surface area contributed by atoms with Crippen LogP contribution in [0.1, 0.15) is 17.0 Å². The maximum atomic E-state index is 11.3. The molecule has 0 aromatic heterocycles. The van der Waals surface area contributed by atoms with Crippen molar-refractivity contribution in [2.75, 3.05) is 0 Å². The maximum absolute atomic E-state index is 11.3. The average Bonchev–Trinajstić information content (AvgIpc) is 2.46. The lowest BCUT2D eigenvalue weighted by molar-refractivity contribution is -0.108. The van der Waals surface area contributed by atoms with Crippen LogP contribution in [0.25, 0.3) is 5.76 Å². The maximum Gasteiger partial charge on any atom is 0.131 e. The molecule has 1 heterocycles. The Morgan fingerprint density at radius 1 is 1.11 bits per heavy atom. The number of allylic oxidation sites excluding steroid dienone is 1. The highest BCUT2D eigenvalue weighted by Crippen LogP contribution is 2.36. The minimum absolute atomic E-state index is 0.238. The SMILES string of the molecule is O=CC1C=C(c2cccc(I)c2)Oc2ccccc21. The molecule has 3 rings (SSSR count). The van der Waals surface area contributed by atoms with Gasteiger partial charge in [-0.05, 0) is 46.9 Å². The Bertz CT molecular complexity index is 661. The third-order valence-electron chi connectivity index (χ3n) is 3.08. The van der Waals surface area contributed by atoms with Gasteiger partial charge in [-0.2, -0.15) is 0 Å². The van der Waals surface area contributed by atoms with Crippen LogP contribution < -0.4 is 4.74 Å². The molecule has 0 spiro atoms. The Morgan fingerprint density at radius 3 is 2.74 bits per heavy atom. The van der Waals surface area contributed by atoms with Gasteiger partial charge < -0.3 is 9.53 Å². The number of para-hydroxylation sites is 1. The lowest BCUT2D eigenvalue weighted by Crippen LogP contribution is -2.09. The number of halogens is 1. The van der Waals surface area contributed by atoms with Crippen molar-refractivity contribution >= 4 is 34.6 Å². The topological polar surface area (TPSA) is 26.3 Å². The van der Waals surface area contributed by atoms with Crippen molar-refractivity contribution < 1.29 is 9.53 Å². The molecule has 0 saturated heterocycles. The monoisotopic (exact) mass is 362 g/mol. The summed E-state index contributed by atoms with van der Waals surface area (Å²) < 4.78 is 7.04. The van der Waals surface area contributed by atoms with Crippen LogP contribution in [0, 0.1) is 3.57 Å². The molecule has 1 aliphatic heterocycles. The molecular formula is C16H11IO2. The molecule has 0 aliphatic carbocycles. The first kappa shape index (κ1) is 12.4. The van der Waals surface area contributed by atoms with Gasteiger partial charge in [0, 0.05) is 14.7 Å². The number of hydrogen-bond donors (Lipinski definition) is 0. The Hall–Kier alpha value is -1.62. The van der Waals surface area contributed by atoms with Crippen molar-refractivity contribution in [1.82, 2.24) is 0 Å². The first-order chi connectivity index (χ1) is 9.28. The van der Waals surface area contributed by atoms with Gasteiger partial charge in [-0.25, -0.2) is 0 Å². The molecule has 2 aromatic carbocycles. The number of carbonyl (C=O) groups excluding carboxylic acids is 1. The molecule has 1 atom stereocenters. The third kappa shape index (κ3) is 2.42. The van der Waals surface area contributed by atoms with E-state index < -0.39 is 0 Å². The van der Waals surface area contributed by atoms with Crippen molar-refractivity contribution in [2.24, 2.45) is 0 Å². The Kier molecular flexibility index (Phi) is 3.38. The van der Waals surface area contributed by atoms with Gasteiger partial charge in [0.25, 0.3) is 0 Å². The van der Waals surface area contributed by atoms with Gasteiger partial charge in [-0.1, -0.05) is 30.3 Å². The minimum atomic E-state index is -0.238. The van der Waals surface area contributed by atoms with Gasteiger partial charge in [0.05, 0.1) is 5.92 Å². The van der Waals surface area contributed by atoms with Gasteiger partial charge in [-0.15, -0.1) is 0 Å². The van der Waals surface area contributed by atoms with E-state index in [1.807, 2.05) is 54.6 Å². The molecule has 1 unspecified atom stereocenters. The molecule has 2 nitrogen and oxygen atoms in total. The summed E-state index contributed by atoms with van der Waals surface area (Å²) in [5.41, 5.74) is 1.92. The number of aldehydes is 1. The number of rotatable bonds is 2. The molecule has 19 heavy (non-hydrogen) atoms. The fourth-order valence-electron chi connectivity index (χ4n) is 2.16. The van der Waals surface area contributed by atoms with Crippen LogP contribution in [0.4, 0.5) is 0 Å². The summed E-state index contributed by atoms with van der Waals surface area (Å²) in [5, 5.41) is 0. The zero-order valence-electron chi connectivity index (χ0n) is 10.0. The Morgan fingerprint density at radius 2 is 1.95 bits per heavy atom. The predicted octanol–water partition coefficient (Wildman–Crippen LogP) is 4.01. The van der Waals surface area contributed by atoms with Crippen LogP contribution in [0.5, 0.6) is 5.75 Å². The van der Waals surface area contributed by atoms with E-state index in [9.17, 15) is 4.79 Å². The van der Waals surface area contributed by atoms with E-state index in [1.165, 1.54) is 0 Å². The standard InChI is InChI=1S/C16H11IO2/c17-13-5-3-4-11(8-13)16-9-12(10-18)14-6-1-2-7-15(14)19-16/h1-10,12H. The quantitative estimate of drug-likeness (QED) is 0.596. The van der Waals surface area contributed by atoms with Crippen molar-refractivity contribution in [1.29, 1.82) is 0 Å². The molecule has 94 valence electrons. The molecular weight excluding hydrogens is 351 g/mol. The van der Waals surface area contributed by atoms with Crippen LogP contribution in [-0.2, 0) is 4.79 Å². The van der Waals surface area contributed by atoms with Gasteiger partial charge in [-0.3, -0.25) is 0 Å². The average molecular weight is 362 g/mol. The molecule has 0 N–H and O–H groups in total. The lowest BCUT2D eigenvalue weighted by Gasteiger charge is -2.22. The second-order valence-electron chi connectivity index (χ2n) is 4.34. The summed E-state index contributed by atoms with van der Waals surface area (Å²) >= 11 is 2.26. The minimum Gasteiger partial charge on any atom is -0.457 e. The van der Waals surface area contributed by atoms with Gasteiger partial charge in [0.1, 0.15) is 17.8 Å². The molecule has 1 aliphatic rings. The van der Waals surface area contributed by atoms with Gasteiger partial charge in [0.15, 0.2) is 0 Å². The summed E-state index contributed by atoms with van der Waals surface area (Å²) in [4.78, 5) is 11.3. The largest absolute Gasteiger partial charge is 0.457 e. The fourth-order valence-corrected chi connectivity index (χ4v) is 2.71. The molecule has 0 fully saturated rings. The second-order valence-corrected chi connectivity index (χ2v) is 5.59. The van der Waals surface area contributed by atoms with E-state index >= 15 is 0 Å².